The highest BCUT2D eigenvalue weighted by molar-refractivity contribution is 6.30. The van der Waals surface area contributed by atoms with Gasteiger partial charge in [0.05, 0.1) is 13.7 Å². The van der Waals surface area contributed by atoms with E-state index in [4.69, 9.17) is 16.3 Å². The third-order valence-corrected chi connectivity index (χ3v) is 3.52. The van der Waals surface area contributed by atoms with Crippen LogP contribution < -0.4 is 4.74 Å². The number of methoxy groups -OCH3 is 1. The van der Waals surface area contributed by atoms with Crippen LogP contribution in [0.15, 0.2) is 42.5 Å². The molecule has 3 aromatic rings. The third kappa shape index (κ3) is 3.09. The number of rotatable bonds is 4. The molecule has 0 bridgehead atoms. The molecule has 1 aromatic heterocycles. The Morgan fingerprint density at radius 3 is 2.82 bits per heavy atom. The molecule has 0 saturated carbocycles. The highest BCUT2D eigenvalue weighted by Crippen LogP contribution is 2.21. The highest BCUT2D eigenvalue weighted by Gasteiger charge is 2.09. The van der Waals surface area contributed by atoms with Crippen molar-refractivity contribution in [3.05, 3.63) is 58.6 Å². The molecule has 6 heteroatoms. The standard InChI is InChI=1S/C16H15ClN4O/c1-11-6-7-15(22-2)13(8-11)10-21-19-16(18-20-21)12-4-3-5-14(17)9-12/h3-9H,10H2,1-2H3. The molecule has 2 aromatic carbocycles. The average molecular weight is 315 g/mol. The molecular formula is C16H15ClN4O. The Morgan fingerprint density at radius 1 is 1.18 bits per heavy atom. The van der Waals surface area contributed by atoms with Crippen molar-refractivity contribution in [2.45, 2.75) is 13.5 Å². The number of benzene rings is 2. The van der Waals surface area contributed by atoms with Crippen LogP contribution in [0.4, 0.5) is 0 Å². The van der Waals surface area contributed by atoms with Crippen LogP contribution >= 0.6 is 11.6 Å². The first-order valence-electron chi connectivity index (χ1n) is 6.83. The maximum absolute atomic E-state index is 5.99. The van der Waals surface area contributed by atoms with Crippen LogP contribution in [0.3, 0.4) is 0 Å². The molecule has 3 rings (SSSR count). The number of aryl methyl sites for hydroxylation is 1. The maximum Gasteiger partial charge on any atom is 0.204 e. The van der Waals surface area contributed by atoms with E-state index in [0.29, 0.717) is 17.4 Å². The average Bonchev–Trinajstić information content (AvgIpc) is 2.96. The molecule has 0 amide bonds. The van der Waals surface area contributed by atoms with E-state index in [1.165, 1.54) is 0 Å². The molecule has 0 fully saturated rings. The van der Waals surface area contributed by atoms with Gasteiger partial charge in [0.2, 0.25) is 5.82 Å². The molecule has 0 N–H and O–H groups in total. The Morgan fingerprint density at radius 2 is 2.05 bits per heavy atom. The summed E-state index contributed by atoms with van der Waals surface area (Å²) in [6.07, 6.45) is 0. The van der Waals surface area contributed by atoms with Gasteiger partial charge in [-0.25, -0.2) is 0 Å². The predicted molar refractivity (Wildman–Crippen MR) is 85.1 cm³/mol. The molecular weight excluding hydrogens is 300 g/mol. The van der Waals surface area contributed by atoms with Gasteiger partial charge in [-0.1, -0.05) is 41.4 Å². The number of tetrazole rings is 1. The van der Waals surface area contributed by atoms with E-state index in [1.54, 1.807) is 11.9 Å². The van der Waals surface area contributed by atoms with Gasteiger partial charge in [-0.2, -0.15) is 4.80 Å². The van der Waals surface area contributed by atoms with Gasteiger partial charge in [-0.15, -0.1) is 10.2 Å². The molecule has 112 valence electrons. The molecule has 5 nitrogen and oxygen atoms in total. The minimum Gasteiger partial charge on any atom is -0.496 e. The van der Waals surface area contributed by atoms with E-state index in [9.17, 15) is 0 Å². The van der Waals surface area contributed by atoms with Crippen LogP contribution in [0.5, 0.6) is 5.75 Å². The fourth-order valence-corrected chi connectivity index (χ4v) is 2.43. The van der Waals surface area contributed by atoms with E-state index in [2.05, 4.69) is 21.5 Å². The zero-order valence-corrected chi connectivity index (χ0v) is 13.1. The van der Waals surface area contributed by atoms with E-state index in [0.717, 1.165) is 22.4 Å². The second-order valence-electron chi connectivity index (χ2n) is 4.97. The van der Waals surface area contributed by atoms with Crippen LogP contribution in [-0.2, 0) is 6.54 Å². The van der Waals surface area contributed by atoms with Crippen molar-refractivity contribution >= 4 is 11.6 Å². The lowest BCUT2D eigenvalue weighted by atomic mass is 10.1. The lowest BCUT2D eigenvalue weighted by molar-refractivity contribution is 0.405. The van der Waals surface area contributed by atoms with Crippen LogP contribution in [0.2, 0.25) is 5.02 Å². The first-order chi connectivity index (χ1) is 10.7. The summed E-state index contributed by atoms with van der Waals surface area (Å²) in [6, 6.07) is 13.4. The molecule has 0 aliphatic rings. The largest absolute Gasteiger partial charge is 0.496 e. The summed E-state index contributed by atoms with van der Waals surface area (Å²) in [7, 11) is 1.65. The first kappa shape index (κ1) is 14.5. The Bertz CT molecular complexity index is 800. The smallest absolute Gasteiger partial charge is 0.204 e. The van der Waals surface area contributed by atoms with Gasteiger partial charge < -0.3 is 4.74 Å². The molecule has 0 spiro atoms. The van der Waals surface area contributed by atoms with Crippen LogP contribution in [0.1, 0.15) is 11.1 Å². The van der Waals surface area contributed by atoms with Crippen molar-refractivity contribution in [2.24, 2.45) is 0 Å². The molecule has 0 aliphatic carbocycles. The summed E-state index contributed by atoms with van der Waals surface area (Å²) in [6.45, 7) is 2.54. The lowest BCUT2D eigenvalue weighted by Gasteiger charge is -2.08. The van der Waals surface area contributed by atoms with Gasteiger partial charge in [0.15, 0.2) is 0 Å². The number of hydrogen-bond acceptors (Lipinski definition) is 4. The molecule has 0 unspecified atom stereocenters. The van der Waals surface area contributed by atoms with E-state index < -0.39 is 0 Å². The molecule has 1 heterocycles. The molecule has 0 aliphatic heterocycles. The van der Waals surface area contributed by atoms with Crippen LogP contribution in [0.25, 0.3) is 11.4 Å². The van der Waals surface area contributed by atoms with Crippen molar-refractivity contribution in [2.75, 3.05) is 7.11 Å². The predicted octanol–water partition coefficient (Wildman–Crippen LogP) is 3.36. The van der Waals surface area contributed by atoms with Crippen LogP contribution in [-0.4, -0.2) is 27.3 Å². The molecule has 0 radical (unpaired) electrons. The Labute approximate surface area is 133 Å². The fourth-order valence-electron chi connectivity index (χ4n) is 2.24. The zero-order valence-electron chi connectivity index (χ0n) is 12.3. The van der Waals surface area contributed by atoms with Crippen LogP contribution in [0, 0.1) is 6.92 Å². The van der Waals surface area contributed by atoms with Gasteiger partial charge in [-0.3, -0.25) is 0 Å². The van der Waals surface area contributed by atoms with Crippen molar-refractivity contribution in [1.82, 2.24) is 20.2 Å². The Hall–Kier alpha value is -2.40. The Balaban J connectivity index is 1.87. The first-order valence-corrected chi connectivity index (χ1v) is 7.21. The van der Waals surface area contributed by atoms with Gasteiger partial charge >= 0.3 is 0 Å². The van der Waals surface area contributed by atoms with E-state index in [1.807, 2.05) is 43.3 Å². The summed E-state index contributed by atoms with van der Waals surface area (Å²) in [5.74, 6) is 1.36. The van der Waals surface area contributed by atoms with Crippen molar-refractivity contribution in [3.63, 3.8) is 0 Å². The minimum absolute atomic E-state index is 0.498. The summed E-state index contributed by atoms with van der Waals surface area (Å²) >= 11 is 5.99. The third-order valence-electron chi connectivity index (χ3n) is 3.28. The van der Waals surface area contributed by atoms with Gasteiger partial charge in [-0.05, 0) is 30.3 Å². The maximum atomic E-state index is 5.99. The van der Waals surface area contributed by atoms with Crippen molar-refractivity contribution in [3.8, 4) is 17.1 Å². The lowest BCUT2D eigenvalue weighted by Crippen LogP contribution is -2.06. The normalized spacial score (nSPS) is 10.7. The summed E-state index contributed by atoms with van der Waals surface area (Å²) in [5.41, 5.74) is 3.01. The summed E-state index contributed by atoms with van der Waals surface area (Å²) in [4.78, 5) is 1.55. The van der Waals surface area contributed by atoms with Crippen molar-refractivity contribution in [1.29, 1.82) is 0 Å². The molecule has 0 atom stereocenters. The molecule has 22 heavy (non-hydrogen) atoms. The monoisotopic (exact) mass is 314 g/mol. The number of ether oxygens (including phenoxy) is 1. The summed E-state index contributed by atoms with van der Waals surface area (Å²) in [5, 5.41) is 13.2. The fraction of sp³-hybridized carbons (Fsp3) is 0.188. The van der Waals surface area contributed by atoms with E-state index in [-0.39, 0.29) is 0 Å². The van der Waals surface area contributed by atoms with Gasteiger partial charge in [0.1, 0.15) is 5.75 Å². The van der Waals surface area contributed by atoms with Gasteiger partial charge in [0.25, 0.3) is 0 Å². The topological polar surface area (TPSA) is 52.8 Å². The number of aromatic nitrogens is 4. The van der Waals surface area contributed by atoms with Gasteiger partial charge in [0, 0.05) is 16.1 Å². The number of halogens is 1. The zero-order chi connectivity index (χ0) is 15.5. The second kappa shape index (κ2) is 6.15. The minimum atomic E-state index is 0.498. The SMILES string of the molecule is COc1ccc(C)cc1Cn1nnc(-c2cccc(Cl)c2)n1. The highest BCUT2D eigenvalue weighted by atomic mass is 35.5. The number of hydrogen-bond donors (Lipinski definition) is 0. The Kier molecular flexibility index (Phi) is 4.06. The summed E-state index contributed by atoms with van der Waals surface area (Å²) < 4.78 is 5.37. The number of nitrogens with zero attached hydrogens (tertiary/aromatic N) is 4. The second-order valence-corrected chi connectivity index (χ2v) is 5.41. The van der Waals surface area contributed by atoms with Crippen molar-refractivity contribution < 1.29 is 4.74 Å². The quantitative estimate of drug-likeness (QED) is 0.741. The molecule has 0 saturated heterocycles. The van der Waals surface area contributed by atoms with E-state index >= 15 is 0 Å².